The molecule has 1 saturated carbocycles. The van der Waals surface area contributed by atoms with Crippen LogP contribution in [0.25, 0.3) is 0 Å². The first-order valence-corrected chi connectivity index (χ1v) is 7.98. The summed E-state index contributed by atoms with van der Waals surface area (Å²) in [6, 6.07) is 0. The summed E-state index contributed by atoms with van der Waals surface area (Å²) in [5.41, 5.74) is 0. The van der Waals surface area contributed by atoms with E-state index in [1.165, 1.54) is 0 Å². The second-order valence-electron chi connectivity index (χ2n) is 5.86. The van der Waals surface area contributed by atoms with Gasteiger partial charge in [-0.15, -0.1) is 0 Å². The van der Waals surface area contributed by atoms with Crippen LogP contribution in [-0.4, -0.2) is 71.6 Å². The summed E-state index contributed by atoms with van der Waals surface area (Å²) >= 11 is 0. The molecule has 0 saturated heterocycles. The Kier molecular flexibility index (Phi) is 7.70. The van der Waals surface area contributed by atoms with Crippen molar-refractivity contribution in [2.75, 3.05) is 0 Å². The van der Waals surface area contributed by atoms with Gasteiger partial charge in [0.25, 0.3) is 0 Å². The number of hydrogen-bond donors (Lipinski definition) is 1. The Morgan fingerprint density at radius 1 is 0.481 bits per heavy atom. The molecular formula is C16H22O11. The molecule has 152 valence electrons. The second kappa shape index (κ2) is 9.31. The smallest absolute Gasteiger partial charge is 0.303 e. The Labute approximate surface area is 154 Å². The van der Waals surface area contributed by atoms with E-state index >= 15 is 0 Å². The lowest BCUT2D eigenvalue weighted by Gasteiger charge is -2.45. The van der Waals surface area contributed by atoms with Crippen molar-refractivity contribution >= 4 is 29.8 Å². The van der Waals surface area contributed by atoms with E-state index in [2.05, 4.69) is 0 Å². The van der Waals surface area contributed by atoms with Crippen molar-refractivity contribution in [1.82, 2.24) is 0 Å². The van der Waals surface area contributed by atoms with E-state index in [0.29, 0.717) is 0 Å². The van der Waals surface area contributed by atoms with Crippen LogP contribution in [0.2, 0.25) is 0 Å². The summed E-state index contributed by atoms with van der Waals surface area (Å²) in [5.74, 6) is -4.20. The predicted octanol–water partition coefficient (Wildman–Crippen LogP) is -0.981. The molecule has 0 aliphatic heterocycles. The Balaban J connectivity index is 3.46. The molecule has 1 aliphatic rings. The zero-order valence-corrected chi connectivity index (χ0v) is 15.5. The monoisotopic (exact) mass is 390 g/mol. The van der Waals surface area contributed by atoms with Gasteiger partial charge in [-0.05, 0) is 0 Å². The predicted molar refractivity (Wildman–Crippen MR) is 83.8 cm³/mol. The Morgan fingerprint density at radius 2 is 0.667 bits per heavy atom. The fraction of sp³-hybridized carbons (Fsp3) is 0.688. The van der Waals surface area contributed by atoms with Crippen molar-refractivity contribution < 1.29 is 52.8 Å². The molecule has 6 atom stereocenters. The van der Waals surface area contributed by atoms with Gasteiger partial charge in [0.15, 0.2) is 30.5 Å². The van der Waals surface area contributed by atoms with Crippen LogP contribution in [0.4, 0.5) is 0 Å². The lowest BCUT2D eigenvalue weighted by Crippen LogP contribution is -2.68. The molecule has 0 bridgehead atoms. The molecule has 0 spiro atoms. The average Bonchev–Trinajstić information content (AvgIpc) is 2.49. The summed E-state index contributed by atoms with van der Waals surface area (Å²) in [6.45, 7) is 5.21. The van der Waals surface area contributed by atoms with Gasteiger partial charge in [0.05, 0.1) is 0 Å². The molecule has 0 aromatic carbocycles. The first-order valence-electron chi connectivity index (χ1n) is 7.98. The number of aliphatic hydroxyl groups is 1. The molecule has 0 radical (unpaired) electrons. The Morgan fingerprint density at radius 3 is 0.889 bits per heavy atom. The minimum absolute atomic E-state index is 0.839. The SMILES string of the molecule is CC(=O)OC1[C@H](OC(C)=O)[C@H](OC(C)=O)C(O)[C@H](OC(C)=O)[C@H]1OC(C)=O. The molecule has 1 N–H and O–H groups in total. The zero-order chi connectivity index (χ0) is 20.9. The Bertz CT molecular complexity index is 569. The highest BCUT2D eigenvalue weighted by molar-refractivity contribution is 5.70. The summed E-state index contributed by atoms with van der Waals surface area (Å²) in [5, 5.41) is 10.6. The lowest BCUT2D eigenvalue weighted by atomic mass is 9.84. The highest BCUT2D eigenvalue weighted by Gasteiger charge is 2.58. The third kappa shape index (κ3) is 6.20. The van der Waals surface area contributed by atoms with Gasteiger partial charge in [0.2, 0.25) is 0 Å². The van der Waals surface area contributed by atoms with E-state index in [-0.39, 0.29) is 0 Å². The van der Waals surface area contributed by atoms with Crippen molar-refractivity contribution in [3.05, 3.63) is 0 Å². The Hall–Kier alpha value is -2.69. The largest absolute Gasteiger partial charge is 0.455 e. The van der Waals surface area contributed by atoms with Crippen LogP contribution < -0.4 is 0 Å². The van der Waals surface area contributed by atoms with Gasteiger partial charge in [-0.1, -0.05) is 0 Å². The van der Waals surface area contributed by atoms with Crippen LogP contribution >= 0.6 is 0 Å². The van der Waals surface area contributed by atoms with Crippen LogP contribution in [0.5, 0.6) is 0 Å². The summed E-state index contributed by atoms with van der Waals surface area (Å²) in [6.07, 6.45) is -9.37. The molecular weight excluding hydrogens is 368 g/mol. The molecule has 1 fully saturated rings. The number of aliphatic hydroxyl groups excluding tert-OH is 1. The van der Waals surface area contributed by atoms with Gasteiger partial charge < -0.3 is 28.8 Å². The molecule has 0 amide bonds. The van der Waals surface area contributed by atoms with Crippen LogP contribution in [-0.2, 0) is 47.7 Å². The average molecular weight is 390 g/mol. The highest BCUT2D eigenvalue weighted by atomic mass is 16.7. The maximum absolute atomic E-state index is 11.5. The number of hydrogen-bond acceptors (Lipinski definition) is 11. The maximum atomic E-state index is 11.5. The molecule has 11 heteroatoms. The van der Waals surface area contributed by atoms with Gasteiger partial charge in [-0.2, -0.15) is 0 Å². The fourth-order valence-electron chi connectivity index (χ4n) is 2.77. The van der Waals surface area contributed by atoms with Gasteiger partial charge >= 0.3 is 29.8 Å². The van der Waals surface area contributed by atoms with Crippen molar-refractivity contribution in [2.24, 2.45) is 0 Å². The third-order valence-electron chi connectivity index (χ3n) is 3.48. The van der Waals surface area contributed by atoms with Crippen LogP contribution in [0.3, 0.4) is 0 Å². The molecule has 27 heavy (non-hydrogen) atoms. The number of rotatable bonds is 5. The van der Waals surface area contributed by atoms with Gasteiger partial charge in [-0.3, -0.25) is 24.0 Å². The first-order chi connectivity index (χ1) is 12.4. The van der Waals surface area contributed by atoms with Gasteiger partial charge in [0.1, 0.15) is 6.10 Å². The summed E-state index contributed by atoms with van der Waals surface area (Å²) in [7, 11) is 0. The molecule has 1 rings (SSSR count). The fourth-order valence-corrected chi connectivity index (χ4v) is 2.77. The lowest BCUT2D eigenvalue weighted by molar-refractivity contribution is -0.255. The van der Waals surface area contributed by atoms with Crippen LogP contribution in [0.15, 0.2) is 0 Å². The summed E-state index contributed by atoms with van der Waals surface area (Å²) in [4.78, 5) is 57.4. The molecule has 0 aromatic rings. The van der Waals surface area contributed by atoms with E-state index in [1.807, 2.05) is 0 Å². The van der Waals surface area contributed by atoms with E-state index in [0.717, 1.165) is 34.6 Å². The van der Waals surface area contributed by atoms with E-state index in [9.17, 15) is 29.1 Å². The zero-order valence-electron chi connectivity index (χ0n) is 15.5. The van der Waals surface area contributed by atoms with E-state index in [4.69, 9.17) is 23.7 Å². The first kappa shape index (κ1) is 22.4. The number of carbonyl (C=O) groups is 5. The van der Waals surface area contributed by atoms with E-state index < -0.39 is 66.5 Å². The molecule has 2 unspecified atom stereocenters. The highest BCUT2D eigenvalue weighted by Crippen LogP contribution is 2.32. The molecule has 1 aliphatic carbocycles. The molecule has 11 nitrogen and oxygen atoms in total. The normalized spacial score (nSPS) is 29.9. The van der Waals surface area contributed by atoms with Crippen LogP contribution in [0, 0.1) is 0 Å². The number of carbonyl (C=O) groups excluding carboxylic acids is 5. The van der Waals surface area contributed by atoms with Crippen molar-refractivity contribution in [2.45, 2.75) is 71.2 Å². The minimum atomic E-state index is -1.74. The molecule has 0 heterocycles. The van der Waals surface area contributed by atoms with E-state index in [1.54, 1.807) is 0 Å². The standard InChI is InChI=1S/C16H22O11/c1-6(17)23-12-11(22)13(24-7(2)18)15(26-9(4)20)16(27-10(5)21)14(12)25-8(3)19/h11-16,22H,1-5H3/t11?,12-,13+,14-,15-,16?/m1/s1. The van der Waals surface area contributed by atoms with Gasteiger partial charge in [0, 0.05) is 34.6 Å². The minimum Gasteiger partial charge on any atom is -0.455 e. The molecule has 0 aromatic heterocycles. The van der Waals surface area contributed by atoms with Crippen molar-refractivity contribution in [3.63, 3.8) is 0 Å². The second-order valence-corrected chi connectivity index (χ2v) is 5.86. The quantitative estimate of drug-likeness (QED) is 0.455. The van der Waals surface area contributed by atoms with Crippen molar-refractivity contribution in [3.8, 4) is 0 Å². The maximum Gasteiger partial charge on any atom is 0.303 e. The summed E-state index contributed by atoms with van der Waals surface area (Å²) < 4.78 is 25.2. The topological polar surface area (TPSA) is 152 Å². The number of ether oxygens (including phenoxy) is 5. The van der Waals surface area contributed by atoms with Gasteiger partial charge in [-0.25, -0.2) is 0 Å². The van der Waals surface area contributed by atoms with Crippen LogP contribution in [0.1, 0.15) is 34.6 Å². The third-order valence-corrected chi connectivity index (χ3v) is 3.48. The number of esters is 5. The van der Waals surface area contributed by atoms with Crippen molar-refractivity contribution in [1.29, 1.82) is 0 Å².